The highest BCUT2D eigenvalue weighted by Crippen LogP contribution is 2.18. The first-order valence-corrected chi connectivity index (χ1v) is 5.03. The number of carbonyl (C=O) groups excluding carboxylic acids is 1. The van der Waals surface area contributed by atoms with Crippen LogP contribution in [-0.2, 0) is 4.79 Å². The summed E-state index contributed by atoms with van der Waals surface area (Å²) < 4.78 is 0. The van der Waals surface area contributed by atoms with E-state index in [1.54, 1.807) is 18.9 Å². The minimum atomic E-state index is -0.592. The Labute approximate surface area is 90.9 Å². The van der Waals surface area contributed by atoms with Crippen molar-refractivity contribution in [1.29, 1.82) is 0 Å². The molecule has 0 aromatic carbocycles. The smallest absolute Gasteiger partial charge is 0.233 e. The van der Waals surface area contributed by atoms with Crippen LogP contribution in [0.3, 0.4) is 0 Å². The molecule has 1 unspecified atom stereocenters. The van der Waals surface area contributed by atoms with Gasteiger partial charge in [-0.05, 0) is 27.2 Å². The Morgan fingerprint density at radius 2 is 2.07 bits per heavy atom. The Hall–Kier alpha value is -1.26. The minimum Gasteiger partial charge on any atom is -0.409 e. The van der Waals surface area contributed by atoms with Gasteiger partial charge in [0.05, 0.1) is 5.92 Å². The van der Waals surface area contributed by atoms with E-state index in [0.29, 0.717) is 0 Å². The third-order valence-corrected chi connectivity index (χ3v) is 3.03. The van der Waals surface area contributed by atoms with E-state index in [1.165, 1.54) is 0 Å². The average molecular weight is 215 g/mol. The highest BCUT2D eigenvalue weighted by Gasteiger charge is 2.30. The van der Waals surface area contributed by atoms with Crippen molar-refractivity contribution >= 4 is 11.7 Å². The van der Waals surface area contributed by atoms with Crippen LogP contribution in [-0.4, -0.2) is 34.4 Å². The Morgan fingerprint density at radius 3 is 2.40 bits per heavy atom. The number of rotatable bonds is 4. The second-order valence-corrected chi connectivity index (χ2v) is 4.31. The van der Waals surface area contributed by atoms with Gasteiger partial charge in [-0.15, -0.1) is 0 Å². The summed E-state index contributed by atoms with van der Waals surface area (Å²) in [4.78, 5) is 13.5. The van der Waals surface area contributed by atoms with E-state index in [2.05, 4.69) is 5.16 Å². The van der Waals surface area contributed by atoms with Gasteiger partial charge in [-0.3, -0.25) is 4.79 Å². The number of amides is 1. The van der Waals surface area contributed by atoms with Gasteiger partial charge in [-0.25, -0.2) is 0 Å². The normalized spacial score (nSPS) is 14.9. The summed E-state index contributed by atoms with van der Waals surface area (Å²) in [6.45, 7) is 7.59. The van der Waals surface area contributed by atoms with Crippen LogP contribution in [0.2, 0.25) is 0 Å². The van der Waals surface area contributed by atoms with Crippen molar-refractivity contribution in [3.63, 3.8) is 0 Å². The van der Waals surface area contributed by atoms with Crippen molar-refractivity contribution in [3.8, 4) is 0 Å². The molecule has 0 aliphatic heterocycles. The van der Waals surface area contributed by atoms with Crippen LogP contribution >= 0.6 is 0 Å². The highest BCUT2D eigenvalue weighted by molar-refractivity contribution is 6.01. The zero-order valence-electron chi connectivity index (χ0n) is 10.1. The number of nitrogens with zero attached hydrogens (tertiary/aromatic N) is 2. The fourth-order valence-corrected chi connectivity index (χ4v) is 1.04. The van der Waals surface area contributed by atoms with Crippen molar-refractivity contribution in [2.45, 2.75) is 39.7 Å². The molecule has 88 valence electrons. The SMILES string of the molecule is CCC(C)(C)N(C)C(=O)C(C)C(N)=NO. The van der Waals surface area contributed by atoms with Gasteiger partial charge in [-0.1, -0.05) is 12.1 Å². The predicted molar refractivity (Wildman–Crippen MR) is 59.7 cm³/mol. The van der Waals surface area contributed by atoms with Gasteiger partial charge in [0.25, 0.3) is 0 Å². The number of hydrogen-bond acceptors (Lipinski definition) is 3. The van der Waals surface area contributed by atoms with E-state index < -0.39 is 5.92 Å². The zero-order valence-corrected chi connectivity index (χ0v) is 10.1. The molecular formula is C10H21N3O2. The summed E-state index contributed by atoms with van der Waals surface area (Å²) in [7, 11) is 1.73. The van der Waals surface area contributed by atoms with E-state index in [1.807, 2.05) is 20.8 Å². The molecule has 0 heterocycles. The third-order valence-electron chi connectivity index (χ3n) is 3.03. The molecule has 0 saturated carbocycles. The molecule has 5 nitrogen and oxygen atoms in total. The van der Waals surface area contributed by atoms with Crippen molar-refractivity contribution in [1.82, 2.24) is 4.90 Å². The minimum absolute atomic E-state index is 0.0567. The highest BCUT2D eigenvalue weighted by atomic mass is 16.4. The van der Waals surface area contributed by atoms with Crippen LogP contribution in [0.4, 0.5) is 0 Å². The van der Waals surface area contributed by atoms with Crippen molar-refractivity contribution in [3.05, 3.63) is 0 Å². The molecule has 0 aromatic rings. The summed E-state index contributed by atoms with van der Waals surface area (Å²) in [6.07, 6.45) is 0.845. The average Bonchev–Trinajstić information content (AvgIpc) is 2.24. The third kappa shape index (κ3) is 3.11. The van der Waals surface area contributed by atoms with Crippen molar-refractivity contribution < 1.29 is 10.0 Å². The molecule has 0 aliphatic carbocycles. The lowest BCUT2D eigenvalue weighted by atomic mass is 9.97. The summed E-state index contributed by atoms with van der Waals surface area (Å²) in [5.41, 5.74) is 5.17. The van der Waals surface area contributed by atoms with Crippen LogP contribution in [0.25, 0.3) is 0 Å². The van der Waals surface area contributed by atoms with Crippen LogP contribution < -0.4 is 5.73 Å². The van der Waals surface area contributed by atoms with Crippen LogP contribution in [0.1, 0.15) is 34.1 Å². The Morgan fingerprint density at radius 1 is 1.60 bits per heavy atom. The largest absolute Gasteiger partial charge is 0.409 e. The summed E-state index contributed by atoms with van der Waals surface area (Å²) in [5.74, 6) is -0.790. The number of carbonyl (C=O) groups is 1. The first-order chi connectivity index (χ1) is 6.77. The fraction of sp³-hybridized carbons (Fsp3) is 0.800. The Balaban J connectivity index is 4.73. The molecule has 0 spiro atoms. The molecule has 0 aliphatic rings. The standard InChI is InChI=1S/C10H21N3O2/c1-6-10(3,4)13(5)9(14)7(2)8(11)12-15/h7,15H,6H2,1-5H3,(H2,11,12). The van der Waals surface area contributed by atoms with E-state index in [4.69, 9.17) is 10.9 Å². The van der Waals surface area contributed by atoms with Crippen molar-refractivity contribution in [2.24, 2.45) is 16.8 Å². The lowest BCUT2D eigenvalue weighted by molar-refractivity contribution is -0.136. The maximum absolute atomic E-state index is 11.9. The first kappa shape index (κ1) is 13.7. The molecule has 5 heteroatoms. The summed E-state index contributed by atoms with van der Waals surface area (Å²) in [5, 5.41) is 11.3. The Bertz CT molecular complexity index is 261. The number of oxime groups is 1. The molecule has 3 N–H and O–H groups in total. The summed E-state index contributed by atoms with van der Waals surface area (Å²) in [6, 6.07) is 0. The molecular weight excluding hydrogens is 194 g/mol. The van der Waals surface area contributed by atoms with E-state index >= 15 is 0 Å². The van der Waals surface area contributed by atoms with Gasteiger partial charge in [0.15, 0.2) is 5.84 Å². The van der Waals surface area contributed by atoms with Gasteiger partial charge in [0.2, 0.25) is 5.91 Å². The monoisotopic (exact) mass is 215 g/mol. The molecule has 15 heavy (non-hydrogen) atoms. The quantitative estimate of drug-likeness (QED) is 0.318. The summed E-state index contributed by atoms with van der Waals surface area (Å²) >= 11 is 0. The van der Waals surface area contributed by atoms with Crippen LogP contribution in [0, 0.1) is 5.92 Å². The maximum atomic E-state index is 11.9. The van der Waals surface area contributed by atoms with Crippen LogP contribution in [0.5, 0.6) is 0 Å². The number of nitrogens with two attached hydrogens (primary N) is 1. The molecule has 0 rings (SSSR count). The van der Waals surface area contributed by atoms with Gasteiger partial charge in [0, 0.05) is 12.6 Å². The predicted octanol–water partition coefficient (Wildman–Crippen LogP) is 1.02. The molecule has 0 aromatic heterocycles. The van der Waals surface area contributed by atoms with Gasteiger partial charge >= 0.3 is 0 Å². The van der Waals surface area contributed by atoms with Crippen molar-refractivity contribution in [2.75, 3.05) is 7.05 Å². The number of amidine groups is 1. The first-order valence-electron chi connectivity index (χ1n) is 5.03. The molecule has 0 bridgehead atoms. The lowest BCUT2D eigenvalue weighted by Crippen LogP contribution is -2.49. The molecule has 0 saturated heterocycles. The molecule has 1 atom stereocenters. The van der Waals surface area contributed by atoms with Gasteiger partial charge < -0.3 is 15.8 Å². The van der Waals surface area contributed by atoms with Crippen LogP contribution in [0.15, 0.2) is 5.16 Å². The zero-order chi connectivity index (χ0) is 12.2. The Kier molecular flexibility index (Phi) is 4.58. The lowest BCUT2D eigenvalue weighted by Gasteiger charge is -2.36. The topological polar surface area (TPSA) is 78.9 Å². The van der Waals surface area contributed by atoms with E-state index in [-0.39, 0.29) is 17.3 Å². The second-order valence-electron chi connectivity index (χ2n) is 4.31. The van der Waals surface area contributed by atoms with E-state index in [9.17, 15) is 4.79 Å². The molecule has 1 amide bonds. The molecule has 0 radical (unpaired) electrons. The van der Waals surface area contributed by atoms with E-state index in [0.717, 1.165) is 6.42 Å². The van der Waals surface area contributed by atoms with Gasteiger partial charge in [0.1, 0.15) is 0 Å². The van der Waals surface area contributed by atoms with Gasteiger partial charge in [-0.2, -0.15) is 0 Å². The fourth-order valence-electron chi connectivity index (χ4n) is 1.04. The molecule has 0 fully saturated rings. The second kappa shape index (κ2) is 5.00. The number of hydrogen-bond donors (Lipinski definition) is 2. The maximum Gasteiger partial charge on any atom is 0.233 e.